The van der Waals surface area contributed by atoms with Gasteiger partial charge in [0.1, 0.15) is 0 Å². The number of thioether (sulfide) groups is 1. The zero-order valence-corrected chi connectivity index (χ0v) is 35.1. The molecule has 3 saturated heterocycles. The highest BCUT2D eigenvalue weighted by Gasteiger charge is 2.61. The van der Waals surface area contributed by atoms with E-state index in [1.54, 1.807) is 83.5 Å². The molecule has 4 heteroatoms. The molecule has 19 unspecified atom stereocenters. The molecular formula is C50H79NO2S. The van der Waals surface area contributed by atoms with Crippen LogP contribution in [0.4, 0.5) is 0 Å². The van der Waals surface area contributed by atoms with Crippen LogP contribution >= 0.6 is 11.8 Å². The summed E-state index contributed by atoms with van der Waals surface area (Å²) in [4.78, 5) is 3.37. The first-order valence-corrected chi connectivity index (χ1v) is 26.4. The summed E-state index contributed by atoms with van der Waals surface area (Å²) in [5.74, 6) is 11.8. The largest absolute Gasteiger partial charge is 0.374 e. The molecule has 0 aromatic heterocycles. The van der Waals surface area contributed by atoms with Gasteiger partial charge in [0, 0.05) is 34.5 Å². The lowest BCUT2D eigenvalue weighted by atomic mass is 9.51. The summed E-state index contributed by atoms with van der Waals surface area (Å²) in [6, 6.07) is 2.33. The maximum atomic E-state index is 7.77. The molecule has 0 aromatic carbocycles. The molecule has 0 amide bonds. The number of rotatable bonds is 4. The van der Waals surface area contributed by atoms with Gasteiger partial charge in [0.15, 0.2) is 0 Å². The molecule has 3 aliphatic heterocycles. The van der Waals surface area contributed by atoms with E-state index in [9.17, 15) is 0 Å². The summed E-state index contributed by atoms with van der Waals surface area (Å²) in [5, 5.41) is 1.96. The summed E-state index contributed by atoms with van der Waals surface area (Å²) in [7, 11) is 0. The van der Waals surface area contributed by atoms with Crippen molar-refractivity contribution < 1.29 is 9.47 Å². The summed E-state index contributed by atoms with van der Waals surface area (Å²) in [6.45, 7) is 0. The second-order valence-electron chi connectivity index (χ2n) is 22.7. The third-order valence-corrected chi connectivity index (χ3v) is 22.7. The first-order valence-electron chi connectivity index (χ1n) is 25.5. The highest BCUT2D eigenvalue weighted by Crippen LogP contribution is 2.61. The maximum Gasteiger partial charge on any atom is 0.0766 e. The van der Waals surface area contributed by atoms with Gasteiger partial charge in [-0.25, -0.2) is 0 Å². The van der Waals surface area contributed by atoms with E-state index in [0.717, 1.165) is 87.7 Å². The highest BCUT2D eigenvalue weighted by atomic mass is 32.2. The zero-order chi connectivity index (χ0) is 35.3. The lowest BCUT2D eigenvalue weighted by molar-refractivity contribution is -0.106. The van der Waals surface area contributed by atoms with E-state index in [1.807, 2.05) is 0 Å². The molecule has 0 aromatic rings. The third kappa shape index (κ3) is 6.07. The van der Waals surface area contributed by atoms with Gasteiger partial charge in [-0.3, -0.25) is 4.90 Å². The molecule has 0 radical (unpaired) electrons. The van der Waals surface area contributed by atoms with Crippen molar-refractivity contribution >= 4 is 11.8 Å². The molecule has 0 bridgehead atoms. The van der Waals surface area contributed by atoms with Crippen molar-refractivity contribution in [3.8, 4) is 0 Å². The van der Waals surface area contributed by atoms with Crippen LogP contribution in [0, 0.1) is 71.0 Å². The van der Waals surface area contributed by atoms with Gasteiger partial charge < -0.3 is 9.47 Å². The van der Waals surface area contributed by atoms with E-state index in [-0.39, 0.29) is 0 Å². The fourth-order valence-corrected chi connectivity index (χ4v) is 21.1. The minimum absolute atomic E-state index is 0.507. The van der Waals surface area contributed by atoms with E-state index < -0.39 is 0 Å². The minimum atomic E-state index is 0.507. The predicted molar refractivity (Wildman–Crippen MR) is 221 cm³/mol. The summed E-state index contributed by atoms with van der Waals surface area (Å²) in [5.41, 5.74) is 0. The van der Waals surface area contributed by atoms with Crippen LogP contribution in [0.5, 0.6) is 0 Å². The Hall–Kier alpha value is 0.230. The quantitative estimate of drug-likeness (QED) is 0.285. The van der Waals surface area contributed by atoms with Crippen molar-refractivity contribution in [3.05, 3.63) is 0 Å². The maximum absolute atomic E-state index is 7.77. The first kappa shape index (κ1) is 36.1. The number of ether oxygens (including phenoxy) is 2. The Bertz CT molecular complexity index is 1320. The SMILES string of the molecule is C1CCC2C(C1)CC(C1CCC(N(C3CCC4C(C3)SC3CCCCC34)C3CCCC4C5CCC6OC7CCCCC7C6C5OC43)CC1)C1CCCCC21. The van der Waals surface area contributed by atoms with Crippen LogP contribution in [0.25, 0.3) is 0 Å². The van der Waals surface area contributed by atoms with Gasteiger partial charge in [0.2, 0.25) is 0 Å². The Kier molecular flexibility index (Phi) is 10.1. The number of hydrogen-bond acceptors (Lipinski definition) is 4. The minimum Gasteiger partial charge on any atom is -0.374 e. The first-order chi connectivity index (χ1) is 26.8. The lowest BCUT2D eigenvalue weighted by Gasteiger charge is -2.55. The molecule has 12 rings (SSSR count). The average Bonchev–Trinajstić information content (AvgIpc) is 3.92. The Balaban J connectivity index is 0.808. The fraction of sp³-hybridized carbons (Fsp3) is 1.00. The van der Waals surface area contributed by atoms with Crippen molar-refractivity contribution in [3.63, 3.8) is 0 Å². The Morgan fingerprint density at radius 2 is 1.00 bits per heavy atom. The van der Waals surface area contributed by atoms with E-state index in [2.05, 4.69) is 16.7 Å². The van der Waals surface area contributed by atoms with Gasteiger partial charge in [-0.2, -0.15) is 11.8 Å². The van der Waals surface area contributed by atoms with Crippen LogP contribution in [-0.4, -0.2) is 57.9 Å². The number of fused-ring (bicyclic) bond motifs is 13. The smallest absolute Gasteiger partial charge is 0.0766 e. The molecule has 0 N–H and O–H groups in total. The molecule has 3 heterocycles. The molecule has 0 spiro atoms. The standard InChI is InChI=1S/C50H79NO2S/c1-2-11-34-31(10-1)28-42(36-13-4-3-12-35(34)36)30-20-22-32(23-21-30)51(33-24-25-38-37-14-6-8-19-46(37)54-47(38)29-33)43-17-9-16-39-40-26-27-45-48(50(40)53-49(39)43)41-15-5-7-18-44(41)52-45/h30-50H,1-29H2. The summed E-state index contributed by atoms with van der Waals surface area (Å²) >= 11 is 2.52. The van der Waals surface area contributed by atoms with Crippen LogP contribution in [0.1, 0.15) is 186 Å². The molecule has 12 aliphatic rings. The van der Waals surface area contributed by atoms with E-state index in [0.29, 0.717) is 36.4 Å². The van der Waals surface area contributed by atoms with Gasteiger partial charge in [-0.1, -0.05) is 64.2 Å². The van der Waals surface area contributed by atoms with Gasteiger partial charge in [-0.15, -0.1) is 0 Å². The molecule has 9 saturated carbocycles. The molecule has 9 aliphatic carbocycles. The van der Waals surface area contributed by atoms with Crippen molar-refractivity contribution in [1.29, 1.82) is 0 Å². The second kappa shape index (κ2) is 15.0. The lowest BCUT2D eigenvalue weighted by Crippen LogP contribution is -2.59. The fourth-order valence-electron chi connectivity index (χ4n) is 19.0. The van der Waals surface area contributed by atoms with Crippen LogP contribution in [-0.2, 0) is 9.47 Å². The van der Waals surface area contributed by atoms with Crippen molar-refractivity contribution in [2.24, 2.45) is 71.0 Å². The zero-order valence-electron chi connectivity index (χ0n) is 34.3. The van der Waals surface area contributed by atoms with Gasteiger partial charge >= 0.3 is 0 Å². The van der Waals surface area contributed by atoms with E-state index >= 15 is 0 Å². The Labute approximate surface area is 335 Å². The summed E-state index contributed by atoms with van der Waals surface area (Å²) < 4.78 is 14.7. The van der Waals surface area contributed by atoms with Gasteiger partial charge in [0.25, 0.3) is 0 Å². The van der Waals surface area contributed by atoms with E-state index in [4.69, 9.17) is 9.47 Å². The number of nitrogens with zero attached hydrogens (tertiary/aromatic N) is 1. The van der Waals surface area contributed by atoms with Gasteiger partial charge in [-0.05, 0) is 187 Å². The highest BCUT2D eigenvalue weighted by molar-refractivity contribution is 8.00. The Morgan fingerprint density at radius 1 is 0.352 bits per heavy atom. The van der Waals surface area contributed by atoms with Crippen molar-refractivity contribution in [2.45, 2.75) is 239 Å². The van der Waals surface area contributed by atoms with Crippen LogP contribution in [0.3, 0.4) is 0 Å². The van der Waals surface area contributed by atoms with Gasteiger partial charge in [0.05, 0.1) is 24.4 Å². The molecular weight excluding hydrogens is 679 g/mol. The van der Waals surface area contributed by atoms with Crippen LogP contribution in [0.2, 0.25) is 0 Å². The molecule has 3 nitrogen and oxygen atoms in total. The van der Waals surface area contributed by atoms with Crippen LogP contribution < -0.4 is 0 Å². The molecule has 12 fully saturated rings. The normalized spacial score (nSPS) is 56.7. The Morgan fingerprint density at radius 3 is 1.87 bits per heavy atom. The van der Waals surface area contributed by atoms with Crippen LogP contribution in [0.15, 0.2) is 0 Å². The topological polar surface area (TPSA) is 21.7 Å². The predicted octanol–water partition coefficient (Wildman–Crippen LogP) is 12.2. The number of hydrogen-bond donors (Lipinski definition) is 0. The summed E-state index contributed by atoms with van der Waals surface area (Å²) in [6.07, 6.45) is 45.7. The van der Waals surface area contributed by atoms with Crippen molar-refractivity contribution in [1.82, 2.24) is 4.90 Å². The van der Waals surface area contributed by atoms with Crippen molar-refractivity contribution in [2.75, 3.05) is 0 Å². The average molecular weight is 758 g/mol. The second-order valence-corrected chi connectivity index (χ2v) is 24.2. The molecule has 19 atom stereocenters. The monoisotopic (exact) mass is 758 g/mol. The molecule has 302 valence electrons. The molecule has 54 heavy (non-hydrogen) atoms. The van der Waals surface area contributed by atoms with E-state index in [1.165, 1.54) is 103 Å². The third-order valence-electron chi connectivity index (χ3n) is 20.9.